The number of amides is 1. The second kappa shape index (κ2) is 12.9. The number of rotatable bonds is 3. The minimum atomic E-state index is -0.105. The molecule has 4 rings (SSSR count). The number of aromatic amines is 1. The summed E-state index contributed by atoms with van der Waals surface area (Å²) in [7, 11) is 0. The molecule has 33 heavy (non-hydrogen) atoms. The molecule has 0 bridgehead atoms. The van der Waals surface area contributed by atoms with Crippen LogP contribution in [0.15, 0.2) is 64.5 Å². The molecule has 0 fully saturated rings. The van der Waals surface area contributed by atoms with Crippen LogP contribution in [0.1, 0.15) is 58.1 Å². The SMILES string of the molecule is CC1=NNC(=O)CC1.Cc1ccc(C=O)cc1.Cc1ccc(Cc2cc(C)n[nH]c2=O)cc1. The second-order valence-corrected chi connectivity index (χ2v) is 7.94. The molecule has 0 unspecified atom stereocenters. The number of aldehydes is 1. The molecule has 1 aliphatic heterocycles. The molecule has 0 saturated carbocycles. The predicted octanol–water partition coefficient (Wildman–Crippen LogP) is 4.06. The summed E-state index contributed by atoms with van der Waals surface area (Å²) < 4.78 is 0. The highest BCUT2D eigenvalue weighted by atomic mass is 16.2. The Hall–Kier alpha value is -3.87. The fraction of sp³-hybridized carbons (Fsp3) is 0.269. The van der Waals surface area contributed by atoms with E-state index in [9.17, 15) is 14.4 Å². The zero-order valence-corrected chi connectivity index (χ0v) is 19.5. The van der Waals surface area contributed by atoms with Crippen molar-refractivity contribution in [2.45, 2.75) is 47.0 Å². The van der Waals surface area contributed by atoms with Crippen LogP contribution < -0.4 is 11.0 Å². The van der Waals surface area contributed by atoms with Crippen molar-refractivity contribution in [1.82, 2.24) is 15.6 Å². The molecule has 0 atom stereocenters. The molecule has 0 spiro atoms. The minimum Gasteiger partial charge on any atom is -0.298 e. The van der Waals surface area contributed by atoms with E-state index < -0.39 is 0 Å². The largest absolute Gasteiger partial charge is 0.298 e. The Morgan fingerprint density at radius 2 is 1.48 bits per heavy atom. The number of aromatic nitrogens is 2. The van der Waals surface area contributed by atoms with Crippen LogP contribution in [-0.4, -0.2) is 28.1 Å². The van der Waals surface area contributed by atoms with Crippen molar-refractivity contribution in [2.75, 3.05) is 0 Å². The molecule has 172 valence electrons. The van der Waals surface area contributed by atoms with Gasteiger partial charge in [0, 0.05) is 29.7 Å². The van der Waals surface area contributed by atoms with Gasteiger partial charge in [0.2, 0.25) is 5.91 Å². The van der Waals surface area contributed by atoms with Gasteiger partial charge < -0.3 is 0 Å². The van der Waals surface area contributed by atoms with E-state index in [1.54, 1.807) is 0 Å². The third-order valence-corrected chi connectivity index (χ3v) is 4.82. The van der Waals surface area contributed by atoms with Crippen LogP contribution in [0.3, 0.4) is 0 Å². The first kappa shape index (κ1) is 25.4. The van der Waals surface area contributed by atoms with Crippen LogP contribution in [0.4, 0.5) is 0 Å². The lowest BCUT2D eigenvalue weighted by Crippen LogP contribution is -2.23. The Balaban J connectivity index is 0.000000192. The Kier molecular flexibility index (Phi) is 9.89. The van der Waals surface area contributed by atoms with E-state index in [0.29, 0.717) is 12.8 Å². The van der Waals surface area contributed by atoms with E-state index in [1.165, 1.54) is 11.1 Å². The van der Waals surface area contributed by atoms with Gasteiger partial charge in [0.1, 0.15) is 6.29 Å². The molecule has 7 heteroatoms. The van der Waals surface area contributed by atoms with Crippen molar-refractivity contribution in [1.29, 1.82) is 0 Å². The Morgan fingerprint density at radius 1 is 0.879 bits per heavy atom. The first-order valence-corrected chi connectivity index (χ1v) is 10.7. The average Bonchev–Trinajstić information content (AvgIpc) is 2.81. The fourth-order valence-electron chi connectivity index (χ4n) is 2.83. The number of nitrogens with one attached hydrogen (secondary N) is 2. The average molecular weight is 447 g/mol. The zero-order valence-electron chi connectivity index (χ0n) is 19.5. The number of H-pyrrole nitrogens is 1. The number of carbonyl (C=O) groups excluding carboxylic acids is 2. The van der Waals surface area contributed by atoms with Crippen LogP contribution in [0.2, 0.25) is 0 Å². The summed E-state index contributed by atoms with van der Waals surface area (Å²) >= 11 is 0. The molecule has 0 saturated heterocycles. The summed E-state index contributed by atoms with van der Waals surface area (Å²) in [4.78, 5) is 32.0. The monoisotopic (exact) mass is 446 g/mol. The van der Waals surface area contributed by atoms with Crippen molar-refractivity contribution in [3.05, 3.63) is 98.5 Å². The van der Waals surface area contributed by atoms with Crippen molar-refractivity contribution in [3.63, 3.8) is 0 Å². The maximum atomic E-state index is 11.5. The molecule has 2 N–H and O–H groups in total. The lowest BCUT2D eigenvalue weighted by Gasteiger charge is -2.06. The van der Waals surface area contributed by atoms with Gasteiger partial charge in [-0.3, -0.25) is 14.4 Å². The number of nitrogens with zero attached hydrogens (tertiary/aromatic N) is 2. The number of hydrogen-bond donors (Lipinski definition) is 2. The van der Waals surface area contributed by atoms with Gasteiger partial charge in [-0.1, -0.05) is 59.7 Å². The summed E-state index contributed by atoms with van der Waals surface area (Å²) in [5, 5.41) is 10.1. The maximum Gasteiger partial charge on any atom is 0.267 e. The Labute approximate surface area is 194 Å². The second-order valence-electron chi connectivity index (χ2n) is 7.94. The summed E-state index contributed by atoms with van der Waals surface area (Å²) in [6.45, 7) is 7.82. The van der Waals surface area contributed by atoms with Gasteiger partial charge in [0.05, 0.1) is 5.69 Å². The van der Waals surface area contributed by atoms with E-state index in [1.807, 2.05) is 70.2 Å². The van der Waals surface area contributed by atoms with E-state index in [0.717, 1.165) is 40.8 Å². The van der Waals surface area contributed by atoms with Gasteiger partial charge in [-0.05, 0) is 45.7 Å². The third-order valence-electron chi connectivity index (χ3n) is 4.82. The smallest absolute Gasteiger partial charge is 0.267 e. The summed E-state index contributed by atoms with van der Waals surface area (Å²) in [6.07, 6.45) is 2.90. The fourth-order valence-corrected chi connectivity index (χ4v) is 2.83. The van der Waals surface area contributed by atoms with E-state index in [4.69, 9.17) is 0 Å². The third kappa shape index (κ3) is 9.43. The number of carbonyl (C=O) groups is 2. The first-order valence-electron chi connectivity index (χ1n) is 10.7. The van der Waals surface area contributed by atoms with Gasteiger partial charge in [0.25, 0.3) is 5.56 Å². The van der Waals surface area contributed by atoms with Gasteiger partial charge in [-0.2, -0.15) is 10.2 Å². The van der Waals surface area contributed by atoms with E-state index in [2.05, 4.69) is 32.9 Å². The molecule has 1 amide bonds. The zero-order chi connectivity index (χ0) is 24.2. The van der Waals surface area contributed by atoms with Gasteiger partial charge >= 0.3 is 0 Å². The van der Waals surface area contributed by atoms with Crippen molar-refractivity contribution >= 4 is 17.9 Å². The lowest BCUT2D eigenvalue weighted by atomic mass is 10.1. The molecule has 2 heterocycles. The molecule has 0 aliphatic carbocycles. The van der Waals surface area contributed by atoms with Gasteiger partial charge in [-0.25, -0.2) is 10.5 Å². The number of aryl methyl sites for hydroxylation is 3. The van der Waals surface area contributed by atoms with Crippen LogP contribution in [0.25, 0.3) is 0 Å². The Morgan fingerprint density at radius 3 is 2.00 bits per heavy atom. The quantitative estimate of drug-likeness (QED) is 0.592. The van der Waals surface area contributed by atoms with E-state index in [-0.39, 0.29) is 11.5 Å². The molecule has 0 radical (unpaired) electrons. The van der Waals surface area contributed by atoms with Crippen LogP contribution >= 0.6 is 0 Å². The van der Waals surface area contributed by atoms with Crippen LogP contribution in [0.5, 0.6) is 0 Å². The molecule has 3 aromatic rings. The molecular weight excluding hydrogens is 416 g/mol. The maximum absolute atomic E-state index is 11.5. The molecule has 7 nitrogen and oxygen atoms in total. The van der Waals surface area contributed by atoms with Crippen LogP contribution in [0, 0.1) is 20.8 Å². The van der Waals surface area contributed by atoms with Crippen molar-refractivity contribution in [2.24, 2.45) is 5.10 Å². The topological polar surface area (TPSA) is 104 Å². The highest BCUT2D eigenvalue weighted by Crippen LogP contribution is 2.08. The summed E-state index contributed by atoms with van der Waals surface area (Å²) in [5.74, 6) is 0.0237. The summed E-state index contributed by atoms with van der Waals surface area (Å²) in [6, 6.07) is 17.5. The van der Waals surface area contributed by atoms with Gasteiger partial charge in [-0.15, -0.1) is 0 Å². The molecule has 1 aromatic heterocycles. The van der Waals surface area contributed by atoms with E-state index >= 15 is 0 Å². The van der Waals surface area contributed by atoms with Crippen molar-refractivity contribution < 1.29 is 9.59 Å². The highest BCUT2D eigenvalue weighted by Gasteiger charge is 2.05. The first-order chi connectivity index (χ1) is 15.8. The number of benzene rings is 2. The number of hydrogen-bond acceptors (Lipinski definition) is 5. The standard InChI is InChI=1S/C13H14N2O.C8H8O.C5H8N2O/c1-9-3-5-11(6-4-9)8-12-7-10(2)14-15-13(12)16;1-7-2-4-8(6-9)5-3-7;1-4-2-3-5(8)7-6-4/h3-7H,8H2,1-2H3,(H,15,16);2-6H,1H3;2-3H2,1H3,(H,7,8). The van der Waals surface area contributed by atoms with Gasteiger partial charge in [0.15, 0.2) is 0 Å². The van der Waals surface area contributed by atoms with Crippen LogP contribution in [-0.2, 0) is 11.2 Å². The summed E-state index contributed by atoms with van der Waals surface area (Å²) in [5.41, 5.74) is 9.16. The molecule has 2 aromatic carbocycles. The normalized spacial score (nSPS) is 12.2. The highest BCUT2D eigenvalue weighted by molar-refractivity contribution is 5.90. The minimum absolute atomic E-state index is 0.0237. The Bertz CT molecular complexity index is 1150. The van der Waals surface area contributed by atoms with Crippen molar-refractivity contribution in [3.8, 4) is 0 Å². The number of hydrazone groups is 1. The molecular formula is C26H30N4O3. The lowest BCUT2D eigenvalue weighted by molar-refractivity contribution is -0.121. The molecule has 1 aliphatic rings. The predicted molar refractivity (Wildman–Crippen MR) is 131 cm³/mol.